The Bertz CT molecular complexity index is 8.00. The molecular formula is AlLiMgSc. The third kappa shape index (κ3) is 8.84. The zero-order chi connectivity index (χ0) is 0. The van der Waals surface area contributed by atoms with E-state index in [9.17, 15) is 0 Å². The minimum Gasteiger partial charge on any atom is 0 e. The van der Waals surface area contributed by atoms with Gasteiger partial charge in [-0.05, 0) is 0 Å². The molecule has 0 N–H and O–H groups in total. The number of rotatable bonds is 0. The first-order valence-electron chi connectivity index (χ1n) is 0. The molecule has 0 atom stereocenters. The second-order valence-electron chi connectivity index (χ2n) is 0. The summed E-state index contributed by atoms with van der Waals surface area (Å²) in [6.45, 7) is 0. The largest absolute Gasteiger partial charge is 0 e. The first-order valence-corrected chi connectivity index (χ1v) is 0. The van der Waals surface area contributed by atoms with Crippen LogP contribution in [0.15, 0.2) is 0 Å². The summed E-state index contributed by atoms with van der Waals surface area (Å²) >= 11 is 0. The van der Waals surface area contributed by atoms with Gasteiger partial charge >= 0.3 is 0 Å². The maximum atomic E-state index is 0. The summed E-state index contributed by atoms with van der Waals surface area (Å²) in [5.41, 5.74) is 0. The first-order chi connectivity index (χ1) is 0. The third-order valence-electron chi connectivity index (χ3n) is 0. The summed E-state index contributed by atoms with van der Waals surface area (Å²) in [6, 6.07) is 0. The number of hydrogen-bond donors (Lipinski definition) is 0. The first kappa shape index (κ1) is 29.4. The Kier molecular flexibility index (Phi) is 126. The monoisotopic (exact) mass is 103 g/mol. The zero-order valence-electron chi connectivity index (χ0n) is 2.86. The fourth-order valence-corrected chi connectivity index (χ4v) is 0. The van der Waals surface area contributed by atoms with E-state index in [1.54, 1.807) is 0 Å². The van der Waals surface area contributed by atoms with Crippen LogP contribution in [0.2, 0.25) is 0 Å². The quantitative estimate of drug-likeness (QED) is 0.340. The van der Waals surface area contributed by atoms with Crippen LogP contribution < -0.4 is 0 Å². The Morgan fingerprint density at radius 2 is 1.00 bits per heavy atom. The van der Waals surface area contributed by atoms with Crippen molar-refractivity contribution in [1.82, 2.24) is 0 Å². The molecule has 0 aliphatic rings. The minimum atomic E-state index is 0. The van der Waals surface area contributed by atoms with Crippen molar-refractivity contribution in [1.29, 1.82) is 0 Å². The van der Waals surface area contributed by atoms with Crippen LogP contribution in [0.3, 0.4) is 0 Å². The predicted octanol–water partition coefficient (Wildman–Crippen LogP) is -1.14. The molecule has 0 fully saturated rings. The smallest absolute Gasteiger partial charge is 0 e. The molecule has 0 heterocycles. The molecule has 0 bridgehead atoms. The Morgan fingerprint density at radius 1 is 1.00 bits per heavy atom. The van der Waals surface area contributed by atoms with Crippen molar-refractivity contribution < 1.29 is 25.8 Å². The molecule has 0 spiro atoms. The molecule has 0 aliphatic heterocycles. The molecule has 0 aliphatic carbocycles. The molecule has 9 valence electrons. The van der Waals surface area contributed by atoms with E-state index in [1.807, 2.05) is 0 Å². The van der Waals surface area contributed by atoms with E-state index in [4.69, 9.17) is 0 Å². The fraction of sp³-hybridized carbons (Fsp3) is 0. The number of hydrogen-bond acceptors (Lipinski definition) is 0. The van der Waals surface area contributed by atoms with Crippen LogP contribution in [0.25, 0.3) is 0 Å². The summed E-state index contributed by atoms with van der Waals surface area (Å²) < 4.78 is 0. The van der Waals surface area contributed by atoms with Crippen LogP contribution in [-0.4, -0.2) is 59.3 Å². The van der Waals surface area contributed by atoms with Crippen molar-refractivity contribution >= 4 is 59.3 Å². The van der Waals surface area contributed by atoms with Crippen LogP contribution in [0.1, 0.15) is 0 Å². The Labute approximate surface area is 83.7 Å². The average molecular weight is 103 g/mol. The van der Waals surface area contributed by atoms with E-state index in [2.05, 4.69) is 0 Å². The Hall–Kier alpha value is 2.77. The van der Waals surface area contributed by atoms with E-state index in [-0.39, 0.29) is 85.1 Å². The van der Waals surface area contributed by atoms with Crippen LogP contribution in [-0.2, 0) is 25.8 Å². The summed E-state index contributed by atoms with van der Waals surface area (Å²) in [6.07, 6.45) is 0. The van der Waals surface area contributed by atoms with Crippen molar-refractivity contribution in [3.8, 4) is 0 Å². The van der Waals surface area contributed by atoms with Crippen molar-refractivity contribution in [2.75, 3.05) is 0 Å². The summed E-state index contributed by atoms with van der Waals surface area (Å²) in [7, 11) is 0. The standard InChI is InChI=1S/Al.Li.Mg.Sc. The predicted molar refractivity (Wildman–Crippen MR) is 17.3 cm³/mol. The summed E-state index contributed by atoms with van der Waals surface area (Å²) in [4.78, 5) is 0. The molecule has 0 unspecified atom stereocenters. The van der Waals surface area contributed by atoms with Crippen molar-refractivity contribution in [3.63, 3.8) is 0 Å². The molecule has 4 heavy (non-hydrogen) atoms. The molecular weight excluding hydrogens is 103 g/mol. The van der Waals surface area contributed by atoms with Crippen LogP contribution in [0.5, 0.6) is 0 Å². The molecule has 0 saturated heterocycles. The fourth-order valence-electron chi connectivity index (χ4n) is 0. The van der Waals surface area contributed by atoms with Crippen LogP contribution in [0.4, 0.5) is 0 Å². The van der Waals surface area contributed by atoms with E-state index in [0.29, 0.717) is 0 Å². The van der Waals surface area contributed by atoms with Gasteiger partial charge in [-0.15, -0.1) is 0 Å². The second-order valence-corrected chi connectivity index (χ2v) is 0. The van der Waals surface area contributed by atoms with Crippen LogP contribution >= 0.6 is 0 Å². The molecule has 4 heteroatoms. The zero-order valence-corrected chi connectivity index (χ0v) is 7.23. The Morgan fingerprint density at radius 3 is 1.00 bits per heavy atom. The van der Waals surface area contributed by atoms with Gasteiger partial charge in [-0.2, -0.15) is 0 Å². The molecule has 0 amide bonds. The van der Waals surface area contributed by atoms with Gasteiger partial charge in [0.2, 0.25) is 0 Å². The van der Waals surface area contributed by atoms with Crippen LogP contribution in [0, 0.1) is 0 Å². The average Bonchev–Trinajstić information content (AvgIpc) is 0. The van der Waals surface area contributed by atoms with Crippen molar-refractivity contribution in [2.45, 2.75) is 0 Å². The van der Waals surface area contributed by atoms with Gasteiger partial charge in [0.1, 0.15) is 0 Å². The topological polar surface area (TPSA) is 0 Å². The SMILES string of the molecule is [Al].[Li].[Mg].[Sc]. The molecule has 0 saturated carbocycles. The minimum absolute atomic E-state index is 0. The third-order valence-corrected chi connectivity index (χ3v) is 0. The maximum absolute atomic E-state index is 0. The van der Waals surface area contributed by atoms with Gasteiger partial charge in [0.25, 0.3) is 0 Å². The molecule has 0 aromatic rings. The Balaban J connectivity index is 0. The maximum Gasteiger partial charge on any atom is 0 e. The van der Waals surface area contributed by atoms with Gasteiger partial charge in [0.05, 0.1) is 0 Å². The summed E-state index contributed by atoms with van der Waals surface area (Å²) in [5.74, 6) is 0. The van der Waals surface area contributed by atoms with Crippen molar-refractivity contribution in [2.24, 2.45) is 0 Å². The van der Waals surface area contributed by atoms with Gasteiger partial charge in [-0.1, -0.05) is 0 Å². The summed E-state index contributed by atoms with van der Waals surface area (Å²) in [5, 5.41) is 0. The van der Waals surface area contributed by atoms with Gasteiger partial charge < -0.3 is 0 Å². The van der Waals surface area contributed by atoms with E-state index < -0.39 is 0 Å². The van der Waals surface area contributed by atoms with Crippen molar-refractivity contribution in [3.05, 3.63) is 0 Å². The van der Waals surface area contributed by atoms with Gasteiger partial charge in [-0.25, -0.2) is 0 Å². The molecule has 0 aromatic heterocycles. The second kappa shape index (κ2) is 17.1. The molecule has 7 radical (unpaired) electrons. The molecule has 0 rings (SSSR count). The van der Waals surface area contributed by atoms with Gasteiger partial charge in [-0.3, -0.25) is 0 Å². The normalized spacial score (nSPS) is 0. The van der Waals surface area contributed by atoms with Gasteiger partial charge in [0.15, 0.2) is 0 Å². The van der Waals surface area contributed by atoms with E-state index in [1.165, 1.54) is 0 Å². The molecule has 0 aromatic carbocycles. The van der Waals surface area contributed by atoms with Gasteiger partial charge in [0, 0.05) is 85.1 Å². The molecule has 0 nitrogen and oxygen atoms in total. The van der Waals surface area contributed by atoms with E-state index in [0.717, 1.165) is 0 Å². The van der Waals surface area contributed by atoms with E-state index >= 15 is 0 Å².